The van der Waals surface area contributed by atoms with E-state index >= 15 is 0 Å². The Morgan fingerprint density at radius 2 is 1.52 bits per heavy atom. The number of hydrogen-bond acceptors (Lipinski definition) is 4. The third-order valence-electron chi connectivity index (χ3n) is 6.07. The number of rotatable bonds is 3. The van der Waals surface area contributed by atoms with E-state index < -0.39 is 33.8 Å². The molecule has 1 radical (unpaired) electrons. The van der Waals surface area contributed by atoms with E-state index in [4.69, 9.17) is 21.8 Å². The Kier molecular flexibility index (Phi) is 6.18. The summed E-state index contributed by atoms with van der Waals surface area (Å²) in [4.78, 5) is 8.66. The molecule has 1 aliphatic rings. The van der Waals surface area contributed by atoms with Gasteiger partial charge >= 0.3 is 110 Å². The molecule has 0 saturated heterocycles. The summed E-state index contributed by atoms with van der Waals surface area (Å²) in [6, 6.07) is 26.7. The molecular weight excluding hydrogens is 733 g/mol. The van der Waals surface area contributed by atoms with Crippen molar-refractivity contribution in [1.82, 2.24) is 9.97 Å². The quantitative estimate of drug-likeness (QED) is 0.134. The molecule has 0 fully saturated rings. The molecular formula is C34H32GeIrN2O2-2. The van der Waals surface area contributed by atoms with E-state index in [1.54, 1.807) is 42.5 Å². The largest absolute Gasteiger partial charge is 0.494 e. The number of pyridine rings is 2. The maximum atomic E-state index is 7.73. The molecule has 2 aromatic heterocycles. The zero-order valence-corrected chi connectivity index (χ0v) is 26.6. The van der Waals surface area contributed by atoms with Gasteiger partial charge in [-0.3, -0.25) is 0 Å². The van der Waals surface area contributed by atoms with E-state index in [-0.39, 0.29) is 36.9 Å². The molecule has 0 N–H and O–H groups in total. The van der Waals surface area contributed by atoms with Gasteiger partial charge in [0.05, 0.1) is 11.5 Å². The van der Waals surface area contributed by atoms with Crippen molar-refractivity contribution in [2.24, 2.45) is 0 Å². The Morgan fingerprint density at radius 3 is 2.17 bits per heavy atom. The Morgan fingerprint density at radius 1 is 0.750 bits per heavy atom. The van der Waals surface area contributed by atoms with Crippen LogP contribution in [-0.4, -0.2) is 23.2 Å². The van der Waals surface area contributed by atoms with Crippen LogP contribution in [0.15, 0.2) is 85.2 Å². The summed E-state index contributed by atoms with van der Waals surface area (Å²) in [7, 11) is 0. The van der Waals surface area contributed by atoms with E-state index in [2.05, 4.69) is 45.4 Å². The number of aryl methyl sites for hydroxylation is 3. The van der Waals surface area contributed by atoms with Crippen LogP contribution in [0.5, 0.6) is 23.0 Å². The molecule has 0 bridgehead atoms. The number of para-hydroxylation sites is 2. The molecule has 4 nitrogen and oxygen atoms in total. The van der Waals surface area contributed by atoms with E-state index in [1.807, 2.05) is 18.3 Å². The summed E-state index contributed by atoms with van der Waals surface area (Å²) in [5.41, 5.74) is 2.00. The van der Waals surface area contributed by atoms with Crippen molar-refractivity contribution >= 4 is 17.7 Å². The van der Waals surface area contributed by atoms with E-state index in [0.29, 0.717) is 34.1 Å². The fraction of sp³-hybridized carbons (Fsp3) is 0.176. The minimum atomic E-state index is -2.61. The monoisotopic (exact) mass is 776 g/mol. The van der Waals surface area contributed by atoms with Crippen LogP contribution >= 0.6 is 0 Å². The van der Waals surface area contributed by atoms with Crippen LogP contribution in [0.2, 0.25) is 17.3 Å². The summed E-state index contributed by atoms with van der Waals surface area (Å²) in [5.74, 6) is 8.82. The van der Waals surface area contributed by atoms with Crippen LogP contribution in [-0.2, 0) is 20.1 Å². The molecule has 0 unspecified atom stereocenters. The minimum absolute atomic E-state index is 0. The van der Waals surface area contributed by atoms with Gasteiger partial charge in [0.1, 0.15) is 0 Å². The predicted octanol–water partition coefficient (Wildman–Crippen LogP) is 8.46. The van der Waals surface area contributed by atoms with E-state index in [1.165, 1.54) is 16.5 Å². The Labute approximate surface area is 266 Å². The number of fused-ring (bicyclic) bond motifs is 2. The first-order valence-corrected chi connectivity index (χ1v) is 19.7. The van der Waals surface area contributed by atoms with Crippen LogP contribution in [0.1, 0.15) is 29.0 Å². The molecule has 6 rings (SSSR count). The fourth-order valence-corrected chi connectivity index (χ4v) is 6.03. The third kappa shape index (κ3) is 6.72. The predicted molar refractivity (Wildman–Crippen MR) is 161 cm³/mol. The van der Waals surface area contributed by atoms with Crippen molar-refractivity contribution in [1.29, 1.82) is 0 Å². The Hall–Kier alpha value is -3.25. The average molecular weight is 775 g/mol. The van der Waals surface area contributed by atoms with E-state index in [9.17, 15) is 0 Å². The molecule has 6 heteroatoms. The SMILES string of the molecule is [2H]C([2H])([2H])c1c[c-]c(-c2cc[c]([Ge]([CH3])([CH3])[CH3])cn2)cc1.[2H]C([2H])([2H])c1cnc(-c2[c-]ccc3c2Oc2ccccc2O3)cc1C([2H])([2H])[2H].[Ir]. The van der Waals surface area contributed by atoms with Crippen LogP contribution in [0.3, 0.4) is 0 Å². The fourth-order valence-electron chi connectivity index (χ4n) is 3.86. The summed E-state index contributed by atoms with van der Waals surface area (Å²) < 4.78 is 81.1. The van der Waals surface area contributed by atoms with Gasteiger partial charge in [-0.05, 0) is 37.1 Å². The van der Waals surface area contributed by atoms with Crippen molar-refractivity contribution < 1.29 is 41.9 Å². The molecule has 40 heavy (non-hydrogen) atoms. The second kappa shape index (κ2) is 12.5. The first kappa shape index (κ1) is 19.8. The second-order valence-electron chi connectivity index (χ2n) is 9.99. The molecule has 205 valence electrons. The van der Waals surface area contributed by atoms with Gasteiger partial charge < -0.3 is 14.5 Å². The molecule has 0 aliphatic carbocycles. The van der Waals surface area contributed by atoms with E-state index in [0.717, 1.165) is 17.5 Å². The maximum Gasteiger partial charge on any atom is 0.166 e. The molecule has 0 saturated carbocycles. The third-order valence-corrected chi connectivity index (χ3v) is 10.3. The van der Waals surface area contributed by atoms with Gasteiger partial charge in [-0.1, -0.05) is 35.4 Å². The molecule has 3 aromatic carbocycles. The van der Waals surface area contributed by atoms with Gasteiger partial charge in [0.15, 0.2) is 11.5 Å². The molecule has 5 aromatic rings. The van der Waals surface area contributed by atoms with Gasteiger partial charge in [0.25, 0.3) is 0 Å². The van der Waals surface area contributed by atoms with Crippen molar-refractivity contribution in [3.05, 3.63) is 114 Å². The minimum Gasteiger partial charge on any atom is -0.494 e. The van der Waals surface area contributed by atoms with Crippen LogP contribution < -0.4 is 13.9 Å². The van der Waals surface area contributed by atoms with Crippen LogP contribution in [0.4, 0.5) is 0 Å². The smallest absolute Gasteiger partial charge is 0.166 e. The van der Waals surface area contributed by atoms with Gasteiger partial charge in [0, 0.05) is 34.5 Å². The Bertz CT molecular complexity index is 1870. The normalized spacial score (nSPS) is 15.7. The van der Waals surface area contributed by atoms with Crippen molar-refractivity contribution in [3.8, 4) is 45.5 Å². The number of hydrogen-bond donors (Lipinski definition) is 0. The number of nitrogens with zero attached hydrogens (tertiary/aromatic N) is 2. The summed E-state index contributed by atoms with van der Waals surface area (Å²) >= 11 is -1.83. The summed E-state index contributed by atoms with van der Waals surface area (Å²) in [5, 5.41) is 0. The average Bonchev–Trinajstić information content (AvgIpc) is 3.02. The standard InChI is InChI=1S/C19H14NO2.C15H18GeN.Ir/c1-12-10-15(20-11-13(12)2)14-6-5-9-18-19(14)22-17-8-4-3-7-16(17)21-18;1-12-5-7-13(8-6-12)15-10-9-14(11-17-15)16(2,3)4;/h3-5,7-11H,1-2H3;5-7,9-11H,1-4H3;/q2*-1;/i1D3,2D3;1D3;. The molecule has 0 atom stereocenters. The van der Waals surface area contributed by atoms with Gasteiger partial charge in [0.2, 0.25) is 0 Å². The summed E-state index contributed by atoms with van der Waals surface area (Å²) in [6.45, 7) is -7.28. The van der Waals surface area contributed by atoms with Gasteiger partial charge in [-0.15, -0.1) is 12.1 Å². The number of aromatic nitrogens is 2. The molecule has 0 amide bonds. The summed E-state index contributed by atoms with van der Waals surface area (Å²) in [6.07, 6.45) is 3.02. The van der Waals surface area contributed by atoms with Crippen LogP contribution in [0, 0.1) is 32.7 Å². The first-order chi connectivity index (χ1) is 22.3. The molecule has 0 spiro atoms. The zero-order valence-electron chi connectivity index (χ0n) is 31.1. The van der Waals surface area contributed by atoms with Gasteiger partial charge in [-0.2, -0.15) is 0 Å². The zero-order chi connectivity index (χ0) is 35.1. The molecule has 1 aliphatic heterocycles. The second-order valence-corrected chi connectivity index (χ2v) is 20.6. The maximum absolute atomic E-state index is 7.73. The van der Waals surface area contributed by atoms with Crippen molar-refractivity contribution in [3.63, 3.8) is 0 Å². The van der Waals surface area contributed by atoms with Crippen molar-refractivity contribution in [2.75, 3.05) is 0 Å². The van der Waals surface area contributed by atoms with Gasteiger partial charge in [-0.25, -0.2) is 0 Å². The number of ether oxygens (including phenoxy) is 2. The van der Waals surface area contributed by atoms with Crippen molar-refractivity contribution in [2.45, 2.75) is 37.8 Å². The topological polar surface area (TPSA) is 44.2 Å². The van der Waals surface area contributed by atoms with Crippen LogP contribution in [0.25, 0.3) is 22.5 Å². The Balaban J connectivity index is 0.000000229. The number of benzene rings is 3. The first-order valence-electron chi connectivity index (χ1n) is 16.8. The molecule has 3 heterocycles.